The molecule has 0 heterocycles. The Hall–Kier alpha value is -1.93. The summed E-state index contributed by atoms with van der Waals surface area (Å²) in [5.41, 5.74) is -0.243. The van der Waals surface area contributed by atoms with Gasteiger partial charge in [0.25, 0.3) is 0 Å². The van der Waals surface area contributed by atoms with E-state index in [4.69, 9.17) is 14.2 Å². The van der Waals surface area contributed by atoms with Crippen LogP contribution in [0.25, 0.3) is 0 Å². The first-order chi connectivity index (χ1) is 16.0. The molecule has 0 aromatic rings. The van der Waals surface area contributed by atoms with Gasteiger partial charge in [-0.1, -0.05) is 19.4 Å². The second kappa shape index (κ2) is 10.4. The molecule has 192 valence electrons. The fourth-order valence-corrected chi connectivity index (χ4v) is 7.42. The van der Waals surface area contributed by atoms with Gasteiger partial charge in [-0.05, 0) is 75.2 Å². The number of ether oxygens (including phenoxy) is 3. The largest absolute Gasteiger partial charge is 0.468 e. The number of hydrogen-bond acceptors (Lipinski definition) is 8. The quantitative estimate of drug-likeness (QED) is 0.259. The van der Waals surface area contributed by atoms with Gasteiger partial charge in [0.05, 0.1) is 13.2 Å². The lowest BCUT2D eigenvalue weighted by Crippen LogP contribution is -2.64. The minimum atomic E-state index is -1.03. The Bertz CT molecular complexity index is 826. The lowest BCUT2D eigenvalue weighted by molar-refractivity contribution is -0.218. The van der Waals surface area contributed by atoms with Crippen molar-refractivity contribution >= 4 is 17.9 Å². The van der Waals surface area contributed by atoms with Crippen LogP contribution < -0.4 is 5.32 Å². The van der Waals surface area contributed by atoms with Gasteiger partial charge in [-0.2, -0.15) is 0 Å². The Morgan fingerprint density at radius 1 is 1.24 bits per heavy atom. The second-order valence-corrected chi connectivity index (χ2v) is 10.8. The van der Waals surface area contributed by atoms with Gasteiger partial charge in [-0.25, -0.2) is 4.79 Å². The molecule has 0 aromatic heterocycles. The van der Waals surface area contributed by atoms with Crippen molar-refractivity contribution in [2.24, 2.45) is 34.5 Å². The van der Waals surface area contributed by atoms with Gasteiger partial charge in [-0.15, -0.1) is 0 Å². The van der Waals surface area contributed by atoms with E-state index in [0.717, 1.165) is 24.8 Å². The molecule has 8 heteroatoms. The summed E-state index contributed by atoms with van der Waals surface area (Å²) in [5.74, 6) is -1.15. The number of aliphatic hydroxyl groups excluding tert-OH is 1. The Labute approximate surface area is 202 Å². The summed E-state index contributed by atoms with van der Waals surface area (Å²) in [6, 6.07) is 0. The standard InChI is InChI=1S/C26H41NO7/c1-15-17(13-22(30)33-12-11-27-5)7-8-18-23(15)19(29)14-20-25(18,3)10-9-21(34-16(2)28)26(20,4)24(31)32-6/h13,15,18-21,23,27,29H,7-12,14H2,1-6H3/t15-,18-,19-,20+,21+,23-,25+,26+/m0/s1. The van der Waals surface area contributed by atoms with E-state index in [-0.39, 0.29) is 35.1 Å². The molecule has 0 amide bonds. The summed E-state index contributed by atoms with van der Waals surface area (Å²) < 4.78 is 16.1. The van der Waals surface area contributed by atoms with E-state index >= 15 is 0 Å². The maximum atomic E-state index is 13.1. The zero-order valence-corrected chi connectivity index (χ0v) is 21.4. The zero-order valence-electron chi connectivity index (χ0n) is 21.4. The molecular formula is C26H41NO7. The highest BCUT2D eigenvalue weighted by Crippen LogP contribution is 2.65. The first kappa shape index (κ1) is 26.7. The monoisotopic (exact) mass is 479 g/mol. The Balaban J connectivity index is 1.89. The summed E-state index contributed by atoms with van der Waals surface area (Å²) in [4.78, 5) is 37.3. The van der Waals surface area contributed by atoms with Crippen molar-refractivity contribution in [3.05, 3.63) is 11.6 Å². The van der Waals surface area contributed by atoms with Gasteiger partial charge in [0.15, 0.2) is 0 Å². The summed E-state index contributed by atoms with van der Waals surface area (Å²) in [6.45, 7) is 8.41. The SMILES string of the molecule is CNCCOC(=O)C=C1CC[C@H]2[C@@H]([C@@H](O)C[C@@H]3[C@]2(C)CC[C@@H](OC(C)=O)[C@]3(C)C(=O)OC)[C@H]1C. The molecule has 8 nitrogen and oxygen atoms in total. The third-order valence-electron chi connectivity index (χ3n) is 9.11. The molecule has 0 radical (unpaired) electrons. The van der Waals surface area contributed by atoms with Crippen LogP contribution in [0.4, 0.5) is 0 Å². The molecule has 3 aliphatic carbocycles. The number of carbonyl (C=O) groups excluding carboxylic acids is 3. The maximum Gasteiger partial charge on any atom is 0.330 e. The fourth-order valence-electron chi connectivity index (χ4n) is 7.42. The number of rotatable bonds is 6. The highest BCUT2D eigenvalue weighted by molar-refractivity contribution is 5.83. The molecule has 3 saturated carbocycles. The van der Waals surface area contributed by atoms with E-state index < -0.39 is 29.6 Å². The van der Waals surface area contributed by atoms with Gasteiger partial charge in [-0.3, -0.25) is 9.59 Å². The second-order valence-electron chi connectivity index (χ2n) is 10.8. The molecule has 0 spiro atoms. The van der Waals surface area contributed by atoms with Crippen LogP contribution in [0.15, 0.2) is 11.6 Å². The number of methoxy groups -OCH3 is 1. The molecule has 0 aromatic carbocycles. The third-order valence-corrected chi connectivity index (χ3v) is 9.11. The van der Waals surface area contributed by atoms with Crippen LogP contribution in [-0.4, -0.2) is 62.5 Å². The molecule has 2 N–H and O–H groups in total. The molecule has 0 bridgehead atoms. The number of likely N-dealkylation sites (N-methyl/N-ethyl adjacent to an activating group) is 1. The molecule has 0 unspecified atom stereocenters. The zero-order chi connectivity index (χ0) is 25.3. The van der Waals surface area contributed by atoms with Crippen LogP contribution in [0.1, 0.15) is 59.8 Å². The first-order valence-corrected chi connectivity index (χ1v) is 12.5. The maximum absolute atomic E-state index is 13.1. The number of fused-ring (bicyclic) bond motifs is 3. The van der Waals surface area contributed by atoms with E-state index in [2.05, 4.69) is 19.2 Å². The van der Waals surface area contributed by atoms with Crippen molar-refractivity contribution in [1.29, 1.82) is 0 Å². The topological polar surface area (TPSA) is 111 Å². The predicted molar refractivity (Wildman–Crippen MR) is 125 cm³/mol. The number of hydrogen-bond donors (Lipinski definition) is 2. The van der Waals surface area contributed by atoms with E-state index in [1.54, 1.807) is 13.1 Å². The Kier molecular flexibility index (Phi) is 8.13. The molecule has 34 heavy (non-hydrogen) atoms. The fraction of sp³-hybridized carbons (Fsp3) is 0.808. The average Bonchev–Trinajstić information content (AvgIpc) is 2.78. The molecule has 3 rings (SSSR count). The molecule has 0 saturated heterocycles. The first-order valence-electron chi connectivity index (χ1n) is 12.5. The minimum Gasteiger partial charge on any atom is -0.468 e. The molecule has 3 aliphatic rings. The van der Waals surface area contributed by atoms with Gasteiger partial charge in [0, 0.05) is 19.5 Å². The van der Waals surface area contributed by atoms with Crippen LogP contribution in [0.5, 0.6) is 0 Å². The van der Waals surface area contributed by atoms with E-state index in [9.17, 15) is 19.5 Å². The lowest BCUT2D eigenvalue weighted by Gasteiger charge is -2.63. The van der Waals surface area contributed by atoms with Gasteiger partial charge in [0.1, 0.15) is 18.1 Å². The average molecular weight is 480 g/mol. The van der Waals surface area contributed by atoms with E-state index in [1.165, 1.54) is 14.0 Å². The van der Waals surface area contributed by atoms with Crippen LogP contribution in [0, 0.1) is 34.5 Å². The van der Waals surface area contributed by atoms with Crippen LogP contribution in [0.3, 0.4) is 0 Å². The number of carbonyl (C=O) groups is 3. The summed E-state index contributed by atoms with van der Waals surface area (Å²) in [6.07, 6.45) is 3.76. The van der Waals surface area contributed by atoms with Gasteiger partial charge < -0.3 is 24.6 Å². The van der Waals surface area contributed by atoms with Crippen molar-refractivity contribution in [3.8, 4) is 0 Å². The number of nitrogens with one attached hydrogen (secondary N) is 1. The van der Waals surface area contributed by atoms with Gasteiger partial charge in [0.2, 0.25) is 0 Å². The smallest absolute Gasteiger partial charge is 0.330 e. The van der Waals surface area contributed by atoms with Crippen LogP contribution in [-0.2, 0) is 28.6 Å². The van der Waals surface area contributed by atoms with E-state index in [1.807, 2.05) is 6.92 Å². The Morgan fingerprint density at radius 2 is 1.94 bits per heavy atom. The predicted octanol–water partition coefficient (Wildman–Crippen LogP) is 2.63. The van der Waals surface area contributed by atoms with Crippen molar-refractivity contribution < 1.29 is 33.7 Å². The number of allylic oxidation sites excluding steroid dienone is 1. The van der Waals surface area contributed by atoms with Gasteiger partial charge >= 0.3 is 17.9 Å². The van der Waals surface area contributed by atoms with E-state index in [0.29, 0.717) is 26.0 Å². The van der Waals surface area contributed by atoms with Crippen molar-refractivity contribution in [3.63, 3.8) is 0 Å². The highest BCUT2D eigenvalue weighted by Gasteiger charge is 2.66. The lowest BCUT2D eigenvalue weighted by atomic mass is 9.42. The summed E-state index contributed by atoms with van der Waals surface area (Å²) in [7, 11) is 3.17. The summed E-state index contributed by atoms with van der Waals surface area (Å²) >= 11 is 0. The normalized spacial score (nSPS) is 40.6. The summed E-state index contributed by atoms with van der Waals surface area (Å²) in [5, 5.41) is 14.3. The van der Waals surface area contributed by atoms with Crippen molar-refractivity contribution in [2.75, 3.05) is 27.3 Å². The number of esters is 3. The van der Waals surface area contributed by atoms with Crippen LogP contribution in [0.2, 0.25) is 0 Å². The molecule has 8 atom stereocenters. The van der Waals surface area contributed by atoms with Crippen LogP contribution >= 0.6 is 0 Å². The molecule has 0 aliphatic heterocycles. The molecular weight excluding hydrogens is 438 g/mol. The van der Waals surface area contributed by atoms with Crippen molar-refractivity contribution in [2.45, 2.75) is 72.0 Å². The highest BCUT2D eigenvalue weighted by atomic mass is 16.6. The molecule has 3 fully saturated rings. The number of aliphatic hydroxyl groups is 1. The van der Waals surface area contributed by atoms with Crippen molar-refractivity contribution in [1.82, 2.24) is 5.32 Å². The third kappa shape index (κ3) is 4.63. The minimum absolute atomic E-state index is 0.0152. The Morgan fingerprint density at radius 3 is 2.56 bits per heavy atom.